The molecule has 1 aromatic heterocycles. The first kappa shape index (κ1) is 21.0. The number of fused-ring (bicyclic) bond motifs is 1. The second-order valence-electron chi connectivity index (χ2n) is 5.81. The molecule has 0 fully saturated rings. The van der Waals surface area contributed by atoms with Gasteiger partial charge < -0.3 is 14.5 Å². The van der Waals surface area contributed by atoms with Crippen molar-refractivity contribution in [1.29, 1.82) is 0 Å². The average Bonchev–Trinajstić information content (AvgIpc) is 2.58. The fourth-order valence-electron chi connectivity index (χ4n) is 2.96. The molecule has 4 nitrogen and oxygen atoms in total. The minimum atomic E-state index is -1.21. The summed E-state index contributed by atoms with van der Waals surface area (Å²) < 4.78 is 1.61. The predicted molar refractivity (Wildman–Crippen MR) is 97.2 cm³/mol. The Morgan fingerprint density at radius 3 is 2.46 bits per heavy atom. The minimum absolute atomic E-state index is 0. The molecule has 0 amide bonds. The van der Waals surface area contributed by atoms with Crippen LogP contribution in [0.25, 0.3) is 10.9 Å². The molecule has 0 unspecified atom stereocenters. The van der Waals surface area contributed by atoms with E-state index in [9.17, 15) is 14.7 Å². The first-order chi connectivity index (χ1) is 11.9. The number of benzene rings is 2. The molecule has 7 heteroatoms. The zero-order valence-corrected chi connectivity index (χ0v) is 17.9. The number of aromatic nitrogens is 1. The third-order valence-electron chi connectivity index (χ3n) is 4.18. The van der Waals surface area contributed by atoms with E-state index < -0.39 is 5.97 Å². The van der Waals surface area contributed by atoms with Gasteiger partial charge in [-0.2, -0.15) is 0 Å². The maximum absolute atomic E-state index is 12.8. The van der Waals surface area contributed by atoms with Crippen LogP contribution in [0.5, 0.6) is 0 Å². The van der Waals surface area contributed by atoms with Crippen LogP contribution in [0.4, 0.5) is 0 Å². The van der Waals surface area contributed by atoms with Crippen molar-refractivity contribution in [3.63, 3.8) is 0 Å². The summed E-state index contributed by atoms with van der Waals surface area (Å²) in [6, 6.07) is 12.4. The number of aliphatic carboxylic acids is 1. The summed E-state index contributed by atoms with van der Waals surface area (Å²) in [6.45, 7) is 1.95. The second-order valence-corrected chi connectivity index (χ2v) is 6.62. The maximum atomic E-state index is 12.8. The summed E-state index contributed by atoms with van der Waals surface area (Å²) in [7, 11) is 0. The van der Waals surface area contributed by atoms with Crippen molar-refractivity contribution >= 4 is 40.1 Å². The number of carbonyl (C=O) groups excluding carboxylic acids is 1. The standard InChI is InChI=1S/C19H15Cl2NO3.Na/c1-11-14(9-18(23)24)13-4-2-3-5-17(13)22(19(11)25)10-12-6-7-15(20)16(21)8-12;/h2-8H,9-10H2,1H3,(H,23,24);/q;+1/p-1. The van der Waals surface area contributed by atoms with Crippen molar-refractivity contribution in [2.75, 3.05) is 0 Å². The molecule has 0 atom stereocenters. The van der Waals surface area contributed by atoms with Crippen molar-refractivity contribution in [3.8, 4) is 0 Å². The van der Waals surface area contributed by atoms with Gasteiger partial charge in [-0.1, -0.05) is 47.5 Å². The van der Waals surface area contributed by atoms with Gasteiger partial charge in [0.2, 0.25) is 0 Å². The molecule has 0 N–H and O–H groups in total. The predicted octanol–water partition coefficient (Wildman–Crippen LogP) is -0.0386. The van der Waals surface area contributed by atoms with Crippen LogP contribution in [0.3, 0.4) is 0 Å². The molecule has 2 aromatic carbocycles. The quantitative estimate of drug-likeness (QED) is 0.580. The Kier molecular flexibility index (Phi) is 6.94. The van der Waals surface area contributed by atoms with Crippen LogP contribution in [0.1, 0.15) is 16.7 Å². The van der Waals surface area contributed by atoms with Crippen LogP contribution in [0, 0.1) is 6.92 Å². The van der Waals surface area contributed by atoms with E-state index in [1.165, 1.54) is 0 Å². The Labute approximate surface area is 182 Å². The zero-order chi connectivity index (χ0) is 18.1. The van der Waals surface area contributed by atoms with E-state index in [4.69, 9.17) is 23.2 Å². The fourth-order valence-corrected chi connectivity index (χ4v) is 3.28. The van der Waals surface area contributed by atoms with Crippen molar-refractivity contribution in [1.82, 2.24) is 4.57 Å². The summed E-state index contributed by atoms with van der Waals surface area (Å²) in [5.74, 6) is -1.21. The molecule has 0 radical (unpaired) electrons. The molecule has 0 saturated heterocycles. The molecule has 26 heavy (non-hydrogen) atoms. The van der Waals surface area contributed by atoms with Crippen LogP contribution in [0.15, 0.2) is 47.3 Å². The van der Waals surface area contributed by atoms with Gasteiger partial charge in [0.05, 0.1) is 22.1 Å². The minimum Gasteiger partial charge on any atom is -0.550 e. The van der Waals surface area contributed by atoms with E-state index in [2.05, 4.69) is 0 Å². The van der Waals surface area contributed by atoms with Gasteiger partial charge in [-0.15, -0.1) is 0 Å². The van der Waals surface area contributed by atoms with Crippen LogP contribution in [-0.2, 0) is 17.8 Å². The molecule has 0 aliphatic carbocycles. The third kappa shape index (κ3) is 4.16. The molecular formula is C19H14Cl2NNaO3. The molecule has 3 aromatic rings. The summed E-state index contributed by atoms with van der Waals surface area (Å²) in [5.41, 5.74) is 2.16. The number of carboxylic acid groups (broad SMARTS) is 1. The number of carboxylic acids is 1. The smallest absolute Gasteiger partial charge is 0.550 e. The second kappa shape index (κ2) is 8.59. The largest absolute Gasteiger partial charge is 1.00 e. The van der Waals surface area contributed by atoms with Crippen LogP contribution >= 0.6 is 23.2 Å². The molecule has 1 heterocycles. The van der Waals surface area contributed by atoms with Crippen LogP contribution < -0.4 is 40.2 Å². The van der Waals surface area contributed by atoms with Gasteiger partial charge >= 0.3 is 29.6 Å². The van der Waals surface area contributed by atoms with Crippen molar-refractivity contribution in [2.24, 2.45) is 0 Å². The number of carbonyl (C=O) groups is 1. The zero-order valence-electron chi connectivity index (χ0n) is 14.4. The number of hydrogen-bond acceptors (Lipinski definition) is 3. The summed E-state index contributed by atoms with van der Waals surface area (Å²) in [4.78, 5) is 23.9. The first-order valence-corrected chi connectivity index (χ1v) is 8.39. The monoisotopic (exact) mass is 397 g/mol. The van der Waals surface area contributed by atoms with Crippen LogP contribution in [0.2, 0.25) is 10.0 Å². The summed E-state index contributed by atoms with van der Waals surface area (Å²) >= 11 is 12.0. The molecule has 0 saturated carbocycles. The van der Waals surface area contributed by atoms with Gasteiger partial charge in [-0.25, -0.2) is 0 Å². The molecular weight excluding hydrogens is 384 g/mol. The Morgan fingerprint density at radius 1 is 1.12 bits per heavy atom. The van der Waals surface area contributed by atoms with E-state index in [0.29, 0.717) is 33.2 Å². The van der Waals surface area contributed by atoms with Gasteiger partial charge in [0.25, 0.3) is 5.56 Å². The molecule has 0 aliphatic heterocycles. The number of rotatable bonds is 4. The summed E-state index contributed by atoms with van der Waals surface area (Å²) in [6.07, 6.45) is -0.296. The van der Waals surface area contributed by atoms with E-state index >= 15 is 0 Å². The molecule has 0 aliphatic rings. The Morgan fingerprint density at radius 2 is 1.81 bits per heavy atom. The number of pyridine rings is 1. The van der Waals surface area contributed by atoms with Crippen molar-refractivity contribution in [3.05, 3.63) is 79.6 Å². The maximum Gasteiger partial charge on any atom is 1.00 e. The molecule has 128 valence electrons. The Bertz CT molecular complexity index is 1050. The van der Waals surface area contributed by atoms with Crippen LogP contribution in [-0.4, -0.2) is 10.5 Å². The van der Waals surface area contributed by atoms with Gasteiger partial charge in [-0.3, -0.25) is 4.79 Å². The van der Waals surface area contributed by atoms with Crippen molar-refractivity contribution in [2.45, 2.75) is 19.9 Å². The van der Waals surface area contributed by atoms with E-state index in [1.807, 2.05) is 18.2 Å². The Hall–Kier alpha value is -1.30. The van der Waals surface area contributed by atoms with E-state index in [1.54, 1.807) is 35.8 Å². The van der Waals surface area contributed by atoms with Gasteiger partial charge in [-0.05, 0) is 36.2 Å². The molecule has 0 bridgehead atoms. The third-order valence-corrected chi connectivity index (χ3v) is 4.92. The average molecular weight is 398 g/mol. The van der Waals surface area contributed by atoms with E-state index in [-0.39, 0.29) is 41.5 Å². The normalized spacial score (nSPS) is 10.6. The summed E-state index contributed by atoms with van der Waals surface area (Å²) in [5, 5.41) is 12.7. The molecule has 0 spiro atoms. The van der Waals surface area contributed by atoms with Gasteiger partial charge in [0.1, 0.15) is 0 Å². The number of halogens is 2. The number of nitrogens with zero attached hydrogens (tertiary/aromatic N) is 1. The SMILES string of the molecule is Cc1c(CC(=O)[O-])c2ccccc2n(Cc2ccc(Cl)c(Cl)c2)c1=O.[Na+]. The number of hydrogen-bond donors (Lipinski definition) is 0. The number of para-hydroxylation sites is 1. The van der Waals surface area contributed by atoms with Gasteiger partial charge in [0, 0.05) is 23.3 Å². The van der Waals surface area contributed by atoms with E-state index in [0.717, 1.165) is 10.9 Å². The van der Waals surface area contributed by atoms with Crippen molar-refractivity contribution < 1.29 is 39.5 Å². The Balaban J connectivity index is 0.00000243. The first-order valence-electron chi connectivity index (χ1n) is 7.63. The molecule has 3 rings (SSSR count). The van der Waals surface area contributed by atoms with Gasteiger partial charge in [0.15, 0.2) is 0 Å². The fraction of sp³-hybridized carbons (Fsp3) is 0.158. The topological polar surface area (TPSA) is 62.1 Å².